The molecule has 1 atom stereocenters. The highest BCUT2D eigenvalue weighted by atomic mass is 16.5. The molecule has 2 aromatic heterocycles. The first-order valence-electron chi connectivity index (χ1n) is 9.68. The Morgan fingerprint density at radius 3 is 2.79 bits per heavy atom. The van der Waals surface area contributed by atoms with Crippen LogP contribution in [0.4, 0.5) is 0 Å². The van der Waals surface area contributed by atoms with Gasteiger partial charge in [-0.2, -0.15) is 0 Å². The number of nitrogens with one attached hydrogen (secondary N) is 1. The average Bonchev–Trinajstić information content (AvgIpc) is 3.24. The van der Waals surface area contributed by atoms with E-state index in [0.29, 0.717) is 12.5 Å². The van der Waals surface area contributed by atoms with Crippen LogP contribution in [-0.2, 0) is 13.1 Å². The van der Waals surface area contributed by atoms with Crippen molar-refractivity contribution < 1.29 is 9.32 Å². The van der Waals surface area contributed by atoms with E-state index >= 15 is 0 Å². The van der Waals surface area contributed by atoms with Gasteiger partial charge in [-0.1, -0.05) is 35.5 Å². The number of carbonyl (C=O) groups excluding carboxylic acids is 1. The molecule has 1 fully saturated rings. The van der Waals surface area contributed by atoms with Crippen LogP contribution in [0.5, 0.6) is 0 Å². The summed E-state index contributed by atoms with van der Waals surface area (Å²) < 4.78 is 5.33. The molecule has 3 heterocycles. The van der Waals surface area contributed by atoms with E-state index in [1.165, 1.54) is 5.56 Å². The van der Waals surface area contributed by atoms with Gasteiger partial charge in [0.25, 0.3) is 5.91 Å². The summed E-state index contributed by atoms with van der Waals surface area (Å²) in [6.45, 7) is 3.39. The van der Waals surface area contributed by atoms with Crippen molar-refractivity contribution in [1.82, 2.24) is 20.4 Å². The number of amides is 1. The quantitative estimate of drug-likeness (QED) is 0.714. The van der Waals surface area contributed by atoms with Gasteiger partial charge in [-0.3, -0.25) is 14.7 Å². The zero-order valence-corrected chi connectivity index (χ0v) is 15.8. The molecular formula is C22H24N4O2. The molecule has 1 N–H and O–H groups in total. The van der Waals surface area contributed by atoms with Crippen LogP contribution in [0.25, 0.3) is 0 Å². The molecule has 6 heteroatoms. The Kier molecular flexibility index (Phi) is 5.77. The van der Waals surface area contributed by atoms with Gasteiger partial charge in [0.2, 0.25) is 5.76 Å². The third-order valence-electron chi connectivity index (χ3n) is 5.13. The van der Waals surface area contributed by atoms with Gasteiger partial charge in [0.15, 0.2) is 0 Å². The summed E-state index contributed by atoms with van der Waals surface area (Å²) >= 11 is 0. The first kappa shape index (κ1) is 18.4. The smallest absolute Gasteiger partial charge is 0.290 e. The van der Waals surface area contributed by atoms with E-state index in [2.05, 4.69) is 44.6 Å². The molecule has 4 rings (SSSR count). The molecule has 1 aromatic carbocycles. The van der Waals surface area contributed by atoms with Crippen LogP contribution in [-0.4, -0.2) is 34.0 Å². The third kappa shape index (κ3) is 4.64. The lowest BCUT2D eigenvalue weighted by Crippen LogP contribution is -2.34. The Morgan fingerprint density at radius 2 is 1.96 bits per heavy atom. The highest BCUT2D eigenvalue weighted by Crippen LogP contribution is 2.27. The number of hydrogen-bond acceptors (Lipinski definition) is 5. The highest BCUT2D eigenvalue weighted by Gasteiger charge is 2.25. The summed E-state index contributed by atoms with van der Waals surface area (Å²) in [6, 6.07) is 16.0. The Hall–Kier alpha value is -2.99. The van der Waals surface area contributed by atoms with E-state index in [1.54, 1.807) is 18.5 Å². The summed E-state index contributed by atoms with van der Waals surface area (Å²) in [6.07, 6.45) is 5.60. The first-order chi connectivity index (χ1) is 13.8. The number of piperidine rings is 1. The Labute approximate surface area is 164 Å². The number of benzene rings is 1. The zero-order chi connectivity index (χ0) is 19.2. The maximum absolute atomic E-state index is 12.3. The lowest BCUT2D eigenvalue weighted by Gasteiger charge is -2.31. The molecule has 1 aliphatic rings. The van der Waals surface area contributed by atoms with Crippen LogP contribution in [0, 0.1) is 0 Å². The molecule has 1 amide bonds. The molecular weight excluding hydrogens is 352 g/mol. The molecule has 6 nitrogen and oxygen atoms in total. The molecule has 0 spiro atoms. The van der Waals surface area contributed by atoms with Crippen molar-refractivity contribution >= 4 is 5.91 Å². The van der Waals surface area contributed by atoms with Gasteiger partial charge < -0.3 is 9.84 Å². The average molecular weight is 376 g/mol. The summed E-state index contributed by atoms with van der Waals surface area (Å²) in [5.41, 5.74) is 3.18. The number of carbonyl (C=O) groups is 1. The molecule has 28 heavy (non-hydrogen) atoms. The molecule has 3 aromatic rings. The monoisotopic (exact) mass is 376 g/mol. The van der Waals surface area contributed by atoms with Gasteiger partial charge in [0, 0.05) is 44.0 Å². The minimum absolute atomic E-state index is 0.243. The van der Waals surface area contributed by atoms with E-state index in [1.807, 2.05) is 18.2 Å². The number of aromatic nitrogens is 2. The number of hydrogen-bond donors (Lipinski definition) is 1. The maximum Gasteiger partial charge on any atom is 0.290 e. The van der Waals surface area contributed by atoms with Crippen LogP contribution in [0.1, 0.15) is 46.1 Å². The molecule has 0 radical (unpaired) electrons. The number of nitrogens with zero attached hydrogens (tertiary/aromatic N) is 3. The van der Waals surface area contributed by atoms with Crippen molar-refractivity contribution in [2.75, 3.05) is 13.1 Å². The predicted molar refractivity (Wildman–Crippen MR) is 106 cm³/mol. The van der Waals surface area contributed by atoms with Crippen molar-refractivity contribution in [3.63, 3.8) is 0 Å². The van der Waals surface area contributed by atoms with Gasteiger partial charge >= 0.3 is 0 Å². The third-order valence-corrected chi connectivity index (χ3v) is 5.13. The Balaban J connectivity index is 1.34. The summed E-state index contributed by atoms with van der Waals surface area (Å²) in [5.74, 6) is 0.319. The zero-order valence-electron chi connectivity index (χ0n) is 15.8. The lowest BCUT2D eigenvalue weighted by molar-refractivity contribution is 0.0913. The Morgan fingerprint density at radius 1 is 1.14 bits per heavy atom. The molecule has 0 bridgehead atoms. The minimum atomic E-state index is -0.243. The molecule has 1 aliphatic heterocycles. The number of likely N-dealkylation sites (tertiary alicyclic amines) is 1. The van der Waals surface area contributed by atoms with Crippen LogP contribution in [0.15, 0.2) is 65.4 Å². The largest absolute Gasteiger partial charge is 0.351 e. The maximum atomic E-state index is 12.3. The van der Waals surface area contributed by atoms with Crippen LogP contribution in [0.2, 0.25) is 0 Å². The SMILES string of the molecule is O=C(NCc1ccncc1)c1cc([C@@H]2CCCN(Cc3ccccc3)C2)no1. The number of rotatable bonds is 6. The molecule has 144 valence electrons. The standard InChI is InChI=1S/C22H24N4O2/c27-22(24-14-17-8-10-23-11-9-17)21-13-20(25-28-21)19-7-4-12-26(16-19)15-18-5-2-1-3-6-18/h1-3,5-6,8-11,13,19H,4,7,12,14-16H2,(H,24,27)/t19-/m1/s1. The lowest BCUT2D eigenvalue weighted by atomic mass is 9.94. The molecule has 0 saturated carbocycles. The fourth-order valence-electron chi connectivity index (χ4n) is 3.64. The van der Waals surface area contributed by atoms with E-state index in [-0.39, 0.29) is 11.7 Å². The van der Waals surface area contributed by atoms with Crippen molar-refractivity contribution in [3.8, 4) is 0 Å². The van der Waals surface area contributed by atoms with Crippen LogP contribution >= 0.6 is 0 Å². The van der Waals surface area contributed by atoms with E-state index in [0.717, 1.165) is 43.7 Å². The number of pyridine rings is 1. The molecule has 1 saturated heterocycles. The van der Waals surface area contributed by atoms with E-state index < -0.39 is 0 Å². The second kappa shape index (κ2) is 8.80. The van der Waals surface area contributed by atoms with E-state index in [9.17, 15) is 4.79 Å². The van der Waals surface area contributed by atoms with Gasteiger partial charge in [-0.15, -0.1) is 0 Å². The summed E-state index contributed by atoms with van der Waals surface area (Å²) in [5, 5.41) is 7.05. The van der Waals surface area contributed by atoms with E-state index in [4.69, 9.17) is 4.52 Å². The molecule has 0 unspecified atom stereocenters. The Bertz CT molecular complexity index is 895. The van der Waals surface area contributed by atoms with Gasteiger partial charge in [-0.25, -0.2) is 0 Å². The fraction of sp³-hybridized carbons (Fsp3) is 0.318. The first-order valence-corrected chi connectivity index (χ1v) is 9.68. The van der Waals surface area contributed by atoms with Gasteiger partial charge in [-0.05, 0) is 42.6 Å². The van der Waals surface area contributed by atoms with Crippen LogP contribution in [0.3, 0.4) is 0 Å². The topological polar surface area (TPSA) is 71.3 Å². The van der Waals surface area contributed by atoms with Crippen molar-refractivity contribution in [2.24, 2.45) is 0 Å². The predicted octanol–water partition coefficient (Wildman–Crippen LogP) is 3.38. The minimum Gasteiger partial charge on any atom is -0.351 e. The summed E-state index contributed by atoms with van der Waals surface area (Å²) in [7, 11) is 0. The second-order valence-electron chi connectivity index (χ2n) is 7.21. The van der Waals surface area contributed by atoms with Gasteiger partial charge in [0.05, 0.1) is 5.69 Å². The van der Waals surface area contributed by atoms with Crippen molar-refractivity contribution in [1.29, 1.82) is 0 Å². The fourth-order valence-corrected chi connectivity index (χ4v) is 3.64. The van der Waals surface area contributed by atoms with Crippen LogP contribution < -0.4 is 5.32 Å². The van der Waals surface area contributed by atoms with Gasteiger partial charge in [0.1, 0.15) is 0 Å². The van der Waals surface area contributed by atoms with Crippen molar-refractivity contribution in [3.05, 3.63) is 83.5 Å². The summed E-state index contributed by atoms with van der Waals surface area (Å²) in [4.78, 5) is 18.8. The normalized spacial score (nSPS) is 17.4. The highest BCUT2D eigenvalue weighted by molar-refractivity contribution is 5.91. The van der Waals surface area contributed by atoms with Crippen molar-refractivity contribution in [2.45, 2.75) is 31.8 Å². The molecule has 0 aliphatic carbocycles. The second-order valence-corrected chi connectivity index (χ2v) is 7.21.